The highest BCUT2D eigenvalue weighted by atomic mass is 32.1. The summed E-state index contributed by atoms with van der Waals surface area (Å²) in [5, 5.41) is 3.31. The lowest BCUT2D eigenvalue weighted by Crippen LogP contribution is -2.42. The number of nitrogens with zero attached hydrogens (tertiary/aromatic N) is 1. The van der Waals surface area contributed by atoms with Gasteiger partial charge in [0.2, 0.25) is 0 Å². The largest absolute Gasteiger partial charge is 0.340 e. The van der Waals surface area contributed by atoms with Crippen molar-refractivity contribution in [1.82, 2.24) is 10.2 Å². The second-order valence-corrected chi connectivity index (χ2v) is 8.80. The summed E-state index contributed by atoms with van der Waals surface area (Å²) in [6, 6.07) is 27.9. The monoisotopic (exact) mass is 416 g/mol. The molecule has 154 valence electrons. The van der Waals surface area contributed by atoms with Crippen LogP contribution in [-0.2, 0) is 18.5 Å². The molecule has 0 heterocycles. The van der Waals surface area contributed by atoms with Gasteiger partial charge in [-0.25, -0.2) is 0 Å². The van der Waals surface area contributed by atoms with E-state index in [1.54, 1.807) is 12.1 Å². The minimum atomic E-state index is -0.193. The van der Waals surface area contributed by atoms with Gasteiger partial charge in [0.15, 0.2) is 5.11 Å². The molecule has 0 saturated heterocycles. The summed E-state index contributed by atoms with van der Waals surface area (Å²) < 4.78 is 0. The average molecular weight is 417 g/mol. The minimum absolute atomic E-state index is 0.112. The molecule has 0 fully saturated rings. The quantitative estimate of drug-likeness (QED) is 0.542. The summed E-state index contributed by atoms with van der Waals surface area (Å²) in [5.74, 6) is -0.193. The van der Waals surface area contributed by atoms with E-state index in [9.17, 15) is 4.79 Å². The van der Waals surface area contributed by atoms with Crippen molar-refractivity contribution in [3.8, 4) is 0 Å². The van der Waals surface area contributed by atoms with Crippen molar-refractivity contribution in [2.24, 2.45) is 0 Å². The van der Waals surface area contributed by atoms with E-state index < -0.39 is 0 Å². The van der Waals surface area contributed by atoms with E-state index in [0.29, 0.717) is 23.8 Å². The second kappa shape index (κ2) is 9.68. The first-order valence-electron chi connectivity index (χ1n) is 10.1. The molecule has 1 amide bonds. The van der Waals surface area contributed by atoms with Crippen molar-refractivity contribution in [2.45, 2.75) is 39.3 Å². The predicted octanol–water partition coefficient (Wildman–Crippen LogP) is 5.70. The number of nitrogens with one attached hydrogen (secondary N) is 1. The van der Waals surface area contributed by atoms with E-state index in [1.165, 1.54) is 5.56 Å². The highest BCUT2D eigenvalue weighted by Crippen LogP contribution is 2.23. The smallest absolute Gasteiger partial charge is 0.257 e. The van der Waals surface area contributed by atoms with E-state index in [1.807, 2.05) is 41.3 Å². The Morgan fingerprint density at radius 3 is 1.83 bits per heavy atom. The van der Waals surface area contributed by atoms with Crippen LogP contribution in [0.2, 0.25) is 0 Å². The maximum Gasteiger partial charge on any atom is 0.257 e. The third-order valence-corrected chi connectivity index (χ3v) is 5.31. The summed E-state index contributed by atoms with van der Waals surface area (Å²) in [4.78, 5) is 14.6. The Balaban J connectivity index is 1.77. The maximum atomic E-state index is 12.6. The first kappa shape index (κ1) is 21.7. The second-order valence-electron chi connectivity index (χ2n) is 8.41. The van der Waals surface area contributed by atoms with Gasteiger partial charge in [-0.2, -0.15) is 0 Å². The Morgan fingerprint density at radius 1 is 0.800 bits per heavy atom. The van der Waals surface area contributed by atoms with Crippen LogP contribution in [0.4, 0.5) is 0 Å². The molecular weight excluding hydrogens is 388 g/mol. The number of benzene rings is 3. The van der Waals surface area contributed by atoms with Gasteiger partial charge in [-0.15, -0.1) is 0 Å². The number of amides is 1. The molecule has 1 N–H and O–H groups in total. The van der Waals surface area contributed by atoms with Gasteiger partial charge in [0, 0.05) is 18.7 Å². The van der Waals surface area contributed by atoms with Crippen molar-refractivity contribution >= 4 is 23.2 Å². The number of carbonyl (C=O) groups excluding carboxylic acids is 1. The van der Waals surface area contributed by atoms with Crippen LogP contribution in [0.25, 0.3) is 0 Å². The molecule has 3 nitrogen and oxygen atoms in total. The molecular formula is C26H28N2OS. The highest BCUT2D eigenvalue weighted by Gasteiger charge is 2.17. The molecule has 3 aromatic carbocycles. The topological polar surface area (TPSA) is 32.3 Å². The lowest BCUT2D eigenvalue weighted by Gasteiger charge is -2.26. The fraction of sp³-hybridized carbons (Fsp3) is 0.231. The molecule has 30 heavy (non-hydrogen) atoms. The summed E-state index contributed by atoms with van der Waals surface area (Å²) in [6.45, 7) is 7.86. The molecule has 0 aromatic heterocycles. The molecule has 0 radical (unpaired) electrons. The maximum absolute atomic E-state index is 12.6. The van der Waals surface area contributed by atoms with Crippen molar-refractivity contribution in [3.63, 3.8) is 0 Å². The van der Waals surface area contributed by atoms with E-state index in [0.717, 1.165) is 11.1 Å². The lowest BCUT2D eigenvalue weighted by atomic mass is 9.87. The molecule has 0 saturated carbocycles. The number of hydrogen-bond acceptors (Lipinski definition) is 2. The van der Waals surface area contributed by atoms with Crippen LogP contribution in [0.1, 0.15) is 47.8 Å². The van der Waals surface area contributed by atoms with Gasteiger partial charge < -0.3 is 4.90 Å². The molecule has 0 spiro atoms. The van der Waals surface area contributed by atoms with Gasteiger partial charge >= 0.3 is 0 Å². The normalized spacial score (nSPS) is 11.0. The van der Waals surface area contributed by atoms with Gasteiger partial charge in [0.1, 0.15) is 0 Å². The van der Waals surface area contributed by atoms with Gasteiger partial charge in [-0.3, -0.25) is 10.1 Å². The standard InChI is InChI=1S/C26H28N2OS/c1-26(2,3)23-16-14-21(15-17-23)19-28(18-20-10-6-4-7-11-20)25(30)27-24(29)22-12-8-5-9-13-22/h4-17H,18-19H2,1-3H3,(H,27,29,30). The Bertz CT molecular complexity index is 977. The van der Waals surface area contributed by atoms with E-state index in [-0.39, 0.29) is 11.3 Å². The predicted molar refractivity (Wildman–Crippen MR) is 127 cm³/mol. The molecule has 0 aliphatic rings. The van der Waals surface area contributed by atoms with Crippen LogP contribution >= 0.6 is 12.2 Å². The first-order valence-corrected chi connectivity index (χ1v) is 10.5. The van der Waals surface area contributed by atoms with E-state index in [4.69, 9.17) is 12.2 Å². The van der Waals surface area contributed by atoms with Crippen LogP contribution in [0, 0.1) is 0 Å². The Hall–Kier alpha value is -2.98. The SMILES string of the molecule is CC(C)(C)c1ccc(CN(Cc2ccccc2)C(=S)NC(=O)c2ccccc2)cc1. The van der Waals surface area contributed by atoms with Crippen molar-refractivity contribution in [1.29, 1.82) is 0 Å². The molecule has 0 aliphatic heterocycles. The zero-order valence-corrected chi connectivity index (χ0v) is 18.6. The molecule has 4 heteroatoms. The van der Waals surface area contributed by atoms with Crippen LogP contribution in [0.5, 0.6) is 0 Å². The first-order chi connectivity index (χ1) is 14.3. The summed E-state index contributed by atoms with van der Waals surface area (Å²) in [6.07, 6.45) is 0. The third kappa shape index (κ3) is 6.01. The minimum Gasteiger partial charge on any atom is -0.340 e. The summed E-state index contributed by atoms with van der Waals surface area (Å²) >= 11 is 5.63. The Labute approximate surface area is 184 Å². The zero-order valence-electron chi connectivity index (χ0n) is 17.8. The fourth-order valence-corrected chi connectivity index (χ4v) is 3.39. The van der Waals surface area contributed by atoms with Crippen LogP contribution in [-0.4, -0.2) is 15.9 Å². The lowest BCUT2D eigenvalue weighted by molar-refractivity contribution is 0.0972. The molecule has 0 unspecified atom stereocenters. The fourth-order valence-electron chi connectivity index (χ4n) is 3.17. The Morgan fingerprint density at radius 2 is 1.30 bits per heavy atom. The molecule has 0 aliphatic carbocycles. The summed E-state index contributed by atoms with van der Waals surface area (Å²) in [7, 11) is 0. The van der Waals surface area contributed by atoms with Gasteiger partial charge in [-0.05, 0) is 46.5 Å². The van der Waals surface area contributed by atoms with Gasteiger partial charge in [0.25, 0.3) is 5.91 Å². The number of thiocarbonyl (C=S) groups is 1. The molecule has 3 aromatic rings. The number of hydrogen-bond donors (Lipinski definition) is 1. The van der Waals surface area contributed by atoms with Crippen molar-refractivity contribution in [3.05, 3.63) is 107 Å². The number of rotatable bonds is 5. The molecule has 0 atom stereocenters. The Kier molecular flexibility index (Phi) is 7.01. The molecule has 0 bridgehead atoms. The summed E-state index contributed by atoms with van der Waals surface area (Å²) in [5.41, 5.74) is 4.28. The molecule has 3 rings (SSSR count). The third-order valence-electron chi connectivity index (χ3n) is 4.95. The highest BCUT2D eigenvalue weighted by molar-refractivity contribution is 7.80. The van der Waals surface area contributed by atoms with Crippen molar-refractivity contribution in [2.75, 3.05) is 0 Å². The van der Waals surface area contributed by atoms with Gasteiger partial charge in [-0.1, -0.05) is 93.6 Å². The number of carbonyl (C=O) groups is 1. The van der Waals surface area contributed by atoms with Crippen LogP contribution in [0.3, 0.4) is 0 Å². The van der Waals surface area contributed by atoms with E-state index >= 15 is 0 Å². The van der Waals surface area contributed by atoms with E-state index in [2.05, 4.69) is 62.5 Å². The zero-order chi connectivity index (χ0) is 21.6. The van der Waals surface area contributed by atoms with Crippen molar-refractivity contribution < 1.29 is 4.79 Å². The van der Waals surface area contributed by atoms with Crippen LogP contribution < -0.4 is 5.32 Å². The van der Waals surface area contributed by atoms with Crippen LogP contribution in [0.15, 0.2) is 84.9 Å². The average Bonchev–Trinajstić information content (AvgIpc) is 2.74. The van der Waals surface area contributed by atoms with Gasteiger partial charge in [0.05, 0.1) is 0 Å².